The Balaban J connectivity index is 1.85. The Labute approximate surface area is 156 Å². The minimum Gasteiger partial charge on any atom is -0.394 e. The van der Waals surface area contributed by atoms with Gasteiger partial charge in [-0.2, -0.15) is 5.10 Å². The molecule has 4 N–H and O–H groups in total. The summed E-state index contributed by atoms with van der Waals surface area (Å²) in [6, 6.07) is 3.62. The predicted molar refractivity (Wildman–Crippen MR) is 104 cm³/mol. The van der Waals surface area contributed by atoms with Crippen molar-refractivity contribution < 1.29 is 5.11 Å². The fourth-order valence-electron chi connectivity index (χ4n) is 2.97. The van der Waals surface area contributed by atoms with Crippen LogP contribution in [0.5, 0.6) is 0 Å². The molecule has 9 heteroatoms. The highest BCUT2D eigenvalue weighted by molar-refractivity contribution is 6.32. The summed E-state index contributed by atoms with van der Waals surface area (Å²) in [6.45, 7) is 7.00. The second-order valence-electron chi connectivity index (χ2n) is 6.44. The number of piperidine rings is 1. The second kappa shape index (κ2) is 7.53. The quantitative estimate of drug-likeness (QED) is 0.430. The number of likely N-dealkylation sites (tertiary alicyclic amines) is 1. The highest BCUT2D eigenvalue weighted by Crippen LogP contribution is 2.38. The number of nitrogens with one attached hydrogen (secondary N) is 1. The van der Waals surface area contributed by atoms with Crippen molar-refractivity contribution in [1.29, 1.82) is 0 Å². The van der Waals surface area contributed by atoms with Gasteiger partial charge in [-0.15, -0.1) is 0 Å². The van der Waals surface area contributed by atoms with Gasteiger partial charge in [0, 0.05) is 30.4 Å². The molecular formula is C17H22ClN7O. The third kappa shape index (κ3) is 3.62. The standard InChI is InChI=1S/C17H22ClN7O/c1-11(25-8-5-17(19,10-26)6-9-25)22-16-14(20-2)13(23-24-16)12-4-3-7-21-15(12)18/h3-4,7,26H,2,5-6,8-10,19H2,1H3,(H,23,24). The number of nitrogens with zero attached hydrogens (tertiary/aromatic N) is 5. The van der Waals surface area contributed by atoms with Gasteiger partial charge in [0.2, 0.25) is 5.82 Å². The largest absolute Gasteiger partial charge is 0.394 e. The van der Waals surface area contributed by atoms with E-state index in [0.717, 1.165) is 18.9 Å². The number of hydrogen-bond acceptors (Lipinski definition) is 6. The summed E-state index contributed by atoms with van der Waals surface area (Å²) in [4.78, 5) is 14.9. The minimum absolute atomic E-state index is 0.00381. The third-order valence-electron chi connectivity index (χ3n) is 4.71. The summed E-state index contributed by atoms with van der Waals surface area (Å²) in [6.07, 6.45) is 3.03. The summed E-state index contributed by atoms with van der Waals surface area (Å²) in [5.41, 5.74) is 7.47. The number of amidine groups is 1. The van der Waals surface area contributed by atoms with Crippen LogP contribution in [0.15, 0.2) is 28.3 Å². The molecule has 0 aromatic carbocycles. The van der Waals surface area contributed by atoms with Crippen molar-refractivity contribution in [1.82, 2.24) is 20.1 Å². The molecule has 0 aliphatic carbocycles. The maximum Gasteiger partial charge on any atom is 0.201 e. The summed E-state index contributed by atoms with van der Waals surface area (Å²) in [5.74, 6) is 1.25. The Kier molecular flexibility index (Phi) is 5.36. The molecule has 2 aromatic rings. The number of aromatic amines is 1. The van der Waals surface area contributed by atoms with Crippen LogP contribution in [0.3, 0.4) is 0 Å². The number of hydrogen-bond donors (Lipinski definition) is 3. The van der Waals surface area contributed by atoms with Crippen molar-refractivity contribution in [2.24, 2.45) is 15.7 Å². The second-order valence-corrected chi connectivity index (χ2v) is 6.80. The van der Waals surface area contributed by atoms with E-state index in [9.17, 15) is 5.11 Å². The molecule has 0 atom stereocenters. The van der Waals surface area contributed by atoms with E-state index >= 15 is 0 Å². The first-order valence-electron chi connectivity index (χ1n) is 8.33. The van der Waals surface area contributed by atoms with Gasteiger partial charge in [0.1, 0.15) is 16.7 Å². The molecule has 1 fully saturated rings. The molecule has 8 nitrogen and oxygen atoms in total. The van der Waals surface area contributed by atoms with Gasteiger partial charge < -0.3 is 15.7 Å². The zero-order valence-electron chi connectivity index (χ0n) is 14.6. The van der Waals surface area contributed by atoms with Crippen LogP contribution in [0.25, 0.3) is 11.3 Å². The number of aliphatic imine (C=N–C) groups is 2. The van der Waals surface area contributed by atoms with Crippen molar-refractivity contribution in [3.63, 3.8) is 0 Å². The van der Waals surface area contributed by atoms with Crippen LogP contribution in [-0.4, -0.2) is 63.0 Å². The lowest BCUT2D eigenvalue weighted by atomic mass is 9.89. The van der Waals surface area contributed by atoms with Crippen LogP contribution in [0.2, 0.25) is 5.15 Å². The molecule has 0 unspecified atom stereocenters. The normalized spacial score (nSPS) is 17.4. The monoisotopic (exact) mass is 375 g/mol. The number of aromatic nitrogens is 3. The van der Waals surface area contributed by atoms with E-state index in [1.807, 2.05) is 13.0 Å². The zero-order valence-corrected chi connectivity index (χ0v) is 15.4. The summed E-state index contributed by atoms with van der Waals surface area (Å²) >= 11 is 6.17. The van der Waals surface area contributed by atoms with Crippen LogP contribution >= 0.6 is 11.6 Å². The van der Waals surface area contributed by atoms with Crippen molar-refractivity contribution in [3.05, 3.63) is 23.5 Å². The number of aliphatic hydroxyl groups excluding tert-OH is 1. The first-order valence-corrected chi connectivity index (χ1v) is 8.71. The average Bonchev–Trinajstić information content (AvgIpc) is 3.05. The fraction of sp³-hybridized carbons (Fsp3) is 0.412. The molecule has 0 saturated carbocycles. The van der Waals surface area contributed by atoms with Crippen molar-refractivity contribution in [2.45, 2.75) is 25.3 Å². The van der Waals surface area contributed by atoms with Gasteiger partial charge >= 0.3 is 0 Å². The van der Waals surface area contributed by atoms with Crippen LogP contribution in [0.4, 0.5) is 11.5 Å². The zero-order chi connectivity index (χ0) is 18.7. The number of pyridine rings is 1. The third-order valence-corrected chi connectivity index (χ3v) is 5.01. The number of rotatable bonds is 4. The fourth-order valence-corrected chi connectivity index (χ4v) is 3.19. The Morgan fingerprint density at radius 1 is 1.50 bits per heavy atom. The molecule has 0 bridgehead atoms. The van der Waals surface area contributed by atoms with E-state index in [-0.39, 0.29) is 6.61 Å². The minimum atomic E-state index is -0.499. The molecule has 1 saturated heterocycles. The lowest BCUT2D eigenvalue weighted by Gasteiger charge is -2.38. The van der Waals surface area contributed by atoms with Crippen molar-refractivity contribution >= 4 is 35.7 Å². The highest BCUT2D eigenvalue weighted by atomic mass is 35.5. The van der Waals surface area contributed by atoms with Gasteiger partial charge in [-0.3, -0.25) is 10.1 Å². The summed E-state index contributed by atoms with van der Waals surface area (Å²) in [5, 5.41) is 16.9. The molecular weight excluding hydrogens is 354 g/mol. The van der Waals surface area contributed by atoms with Gasteiger partial charge in [0.25, 0.3) is 0 Å². The molecule has 0 amide bonds. The molecule has 2 aromatic heterocycles. The lowest BCUT2D eigenvalue weighted by Crippen LogP contribution is -2.53. The highest BCUT2D eigenvalue weighted by Gasteiger charge is 2.30. The number of H-pyrrole nitrogens is 1. The van der Waals surface area contributed by atoms with E-state index in [1.165, 1.54) is 0 Å². The maximum absolute atomic E-state index is 9.39. The van der Waals surface area contributed by atoms with E-state index in [0.29, 0.717) is 40.8 Å². The molecule has 1 aliphatic heterocycles. The van der Waals surface area contributed by atoms with E-state index in [4.69, 9.17) is 17.3 Å². The molecule has 26 heavy (non-hydrogen) atoms. The van der Waals surface area contributed by atoms with Crippen LogP contribution in [0.1, 0.15) is 19.8 Å². The Morgan fingerprint density at radius 3 is 2.85 bits per heavy atom. The van der Waals surface area contributed by atoms with E-state index in [1.54, 1.807) is 12.3 Å². The van der Waals surface area contributed by atoms with Gasteiger partial charge in [0.15, 0.2) is 0 Å². The molecule has 3 rings (SSSR count). The Hall–Kier alpha value is -2.29. The first-order chi connectivity index (χ1) is 12.5. The number of nitrogens with two attached hydrogens (primary N) is 1. The van der Waals surface area contributed by atoms with Crippen LogP contribution < -0.4 is 5.73 Å². The van der Waals surface area contributed by atoms with E-state index in [2.05, 4.69) is 36.8 Å². The van der Waals surface area contributed by atoms with Crippen LogP contribution in [-0.2, 0) is 0 Å². The van der Waals surface area contributed by atoms with Gasteiger partial charge in [-0.05, 0) is 38.6 Å². The average molecular weight is 376 g/mol. The summed E-state index contributed by atoms with van der Waals surface area (Å²) in [7, 11) is 0. The first kappa shape index (κ1) is 18.5. The SMILES string of the molecule is C=Nc1c(N=C(C)N2CCC(N)(CO)CC2)n[nH]c1-c1cccnc1Cl. The smallest absolute Gasteiger partial charge is 0.201 e. The Bertz CT molecular complexity index is 824. The summed E-state index contributed by atoms with van der Waals surface area (Å²) < 4.78 is 0. The predicted octanol–water partition coefficient (Wildman–Crippen LogP) is 2.29. The molecule has 138 valence electrons. The maximum atomic E-state index is 9.39. The Morgan fingerprint density at radius 2 is 2.23 bits per heavy atom. The number of aliphatic hydroxyl groups is 1. The van der Waals surface area contributed by atoms with Gasteiger partial charge in [0.05, 0.1) is 12.3 Å². The van der Waals surface area contributed by atoms with E-state index < -0.39 is 5.54 Å². The lowest BCUT2D eigenvalue weighted by molar-refractivity contribution is 0.135. The van der Waals surface area contributed by atoms with Gasteiger partial charge in [-0.25, -0.2) is 9.98 Å². The van der Waals surface area contributed by atoms with Crippen molar-refractivity contribution in [3.8, 4) is 11.3 Å². The number of halogens is 1. The molecule has 0 spiro atoms. The van der Waals surface area contributed by atoms with Crippen LogP contribution in [0, 0.1) is 0 Å². The molecule has 3 heterocycles. The topological polar surface area (TPSA) is 116 Å². The molecule has 0 radical (unpaired) electrons. The van der Waals surface area contributed by atoms with Gasteiger partial charge in [-0.1, -0.05) is 11.6 Å². The van der Waals surface area contributed by atoms with Crippen molar-refractivity contribution in [2.75, 3.05) is 19.7 Å². The molecule has 1 aliphatic rings.